The Labute approximate surface area is 219 Å². The van der Waals surface area contributed by atoms with Crippen molar-refractivity contribution in [2.75, 3.05) is 45.2 Å². The number of nitrogens with zero attached hydrogens (tertiary/aromatic N) is 2. The maximum absolute atomic E-state index is 12.7. The molecule has 2 rings (SSSR count). The Balaban J connectivity index is 0.000000824. The summed E-state index contributed by atoms with van der Waals surface area (Å²) in [6, 6.07) is 2.61. The number of alkyl halides is 6. The molecule has 1 atom stereocenters. The van der Waals surface area contributed by atoms with E-state index >= 15 is 0 Å². The third kappa shape index (κ3) is 14.2. The molecule has 0 bridgehead atoms. The number of benzene rings is 1. The number of likely N-dealkylation sites (tertiary alicyclic amines) is 1. The molecule has 3 N–H and O–H groups in total. The van der Waals surface area contributed by atoms with Crippen LogP contribution in [0.15, 0.2) is 30.4 Å². The van der Waals surface area contributed by atoms with E-state index in [9.17, 15) is 40.7 Å². The van der Waals surface area contributed by atoms with E-state index in [4.69, 9.17) is 14.9 Å². The standard InChI is InChI=1S/C19H25F6N3O3.C4H4O4/c1-3-28(10-13-5-4-8-27(13)2)17(29)26-15-9-14(30-11-18(20,21)22)6-7-16(15)31-12-19(23,24)25;5-3(6)1-2-4(7)8/h6-7,9,13H,3-5,8,10-12H2,1-2H3,(H,26,29);1-2H,(H,5,6)(H,7,8)/b;2-1+. The van der Waals surface area contributed by atoms with Gasteiger partial charge >= 0.3 is 30.3 Å². The van der Waals surface area contributed by atoms with E-state index in [0.29, 0.717) is 25.2 Å². The van der Waals surface area contributed by atoms with Gasteiger partial charge in [-0.15, -0.1) is 0 Å². The molecular formula is C23H29F6N3O7. The Kier molecular flexibility index (Phi) is 12.9. The number of rotatable bonds is 10. The number of ether oxygens (including phenoxy) is 2. The summed E-state index contributed by atoms with van der Waals surface area (Å²) in [4.78, 5) is 35.4. The van der Waals surface area contributed by atoms with Crippen molar-refractivity contribution in [3.63, 3.8) is 0 Å². The first kappa shape index (κ1) is 33.3. The number of amides is 2. The highest BCUT2D eigenvalue weighted by atomic mass is 19.4. The van der Waals surface area contributed by atoms with Crippen LogP contribution in [0.3, 0.4) is 0 Å². The smallest absolute Gasteiger partial charge is 0.422 e. The predicted octanol–water partition coefficient (Wildman–Crippen LogP) is 4.23. The van der Waals surface area contributed by atoms with Crippen LogP contribution in [-0.4, -0.2) is 96.3 Å². The molecule has 1 aromatic carbocycles. The van der Waals surface area contributed by atoms with Crippen molar-refractivity contribution in [1.82, 2.24) is 9.80 Å². The summed E-state index contributed by atoms with van der Waals surface area (Å²) in [6.07, 6.45) is -6.21. The summed E-state index contributed by atoms with van der Waals surface area (Å²) < 4.78 is 84.2. The maximum atomic E-state index is 12.7. The predicted molar refractivity (Wildman–Crippen MR) is 126 cm³/mol. The number of halogens is 6. The normalized spacial score (nSPS) is 15.8. The molecule has 1 unspecified atom stereocenters. The minimum atomic E-state index is -4.63. The molecule has 16 heteroatoms. The largest absolute Gasteiger partial charge is 0.484 e. The number of aliphatic carboxylic acids is 2. The second kappa shape index (κ2) is 15.0. The molecule has 10 nitrogen and oxygen atoms in total. The lowest BCUT2D eigenvalue weighted by molar-refractivity contribution is -0.154. The Morgan fingerprint density at radius 2 is 1.62 bits per heavy atom. The highest BCUT2D eigenvalue weighted by molar-refractivity contribution is 5.91. The molecule has 1 fully saturated rings. The van der Waals surface area contributed by atoms with Gasteiger partial charge in [0, 0.05) is 37.3 Å². The van der Waals surface area contributed by atoms with Crippen LogP contribution in [0, 0.1) is 0 Å². The molecule has 0 aliphatic carbocycles. The van der Waals surface area contributed by atoms with Crippen LogP contribution in [-0.2, 0) is 9.59 Å². The molecule has 0 saturated carbocycles. The van der Waals surface area contributed by atoms with Crippen molar-refractivity contribution in [1.29, 1.82) is 0 Å². The number of likely N-dealkylation sites (N-methyl/N-ethyl adjacent to an activating group) is 2. The number of nitrogens with one attached hydrogen (secondary N) is 1. The Morgan fingerprint density at radius 1 is 1.05 bits per heavy atom. The topological polar surface area (TPSA) is 129 Å². The van der Waals surface area contributed by atoms with Crippen LogP contribution in [0.2, 0.25) is 0 Å². The highest BCUT2D eigenvalue weighted by Crippen LogP contribution is 2.32. The summed E-state index contributed by atoms with van der Waals surface area (Å²) in [5.41, 5.74) is -0.216. The van der Waals surface area contributed by atoms with Crippen LogP contribution >= 0.6 is 0 Å². The number of carboxylic acid groups (broad SMARTS) is 2. The molecule has 1 heterocycles. The molecule has 220 valence electrons. The van der Waals surface area contributed by atoms with E-state index < -0.39 is 43.5 Å². The van der Waals surface area contributed by atoms with E-state index in [-0.39, 0.29) is 23.2 Å². The van der Waals surface area contributed by atoms with Gasteiger partial charge in [-0.1, -0.05) is 0 Å². The Bertz CT molecular complexity index is 985. The number of carbonyl (C=O) groups is 3. The first-order chi connectivity index (χ1) is 18.0. The van der Waals surface area contributed by atoms with Crippen LogP contribution < -0.4 is 14.8 Å². The second-order valence-corrected chi connectivity index (χ2v) is 8.22. The van der Waals surface area contributed by atoms with Crippen LogP contribution in [0.4, 0.5) is 36.8 Å². The van der Waals surface area contributed by atoms with Gasteiger partial charge in [0.2, 0.25) is 0 Å². The molecule has 0 spiro atoms. The van der Waals surface area contributed by atoms with Gasteiger partial charge in [-0.25, -0.2) is 14.4 Å². The molecule has 1 saturated heterocycles. The van der Waals surface area contributed by atoms with Gasteiger partial charge in [0.1, 0.15) is 11.5 Å². The van der Waals surface area contributed by atoms with Crippen molar-refractivity contribution in [3.05, 3.63) is 30.4 Å². The van der Waals surface area contributed by atoms with E-state index in [1.165, 1.54) is 4.90 Å². The lowest BCUT2D eigenvalue weighted by atomic mass is 10.2. The van der Waals surface area contributed by atoms with E-state index in [1.807, 2.05) is 7.05 Å². The monoisotopic (exact) mass is 573 g/mol. The minimum absolute atomic E-state index is 0.146. The zero-order valence-corrected chi connectivity index (χ0v) is 21.0. The number of hydrogen-bond donors (Lipinski definition) is 3. The van der Waals surface area contributed by atoms with E-state index in [1.54, 1.807) is 6.92 Å². The van der Waals surface area contributed by atoms with Crippen LogP contribution in [0.25, 0.3) is 0 Å². The maximum Gasteiger partial charge on any atom is 0.422 e. The SMILES string of the molecule is CCN(CC1CCCN1C)C(=O)Nc1cc(OCC(F)(F)F)ccc1OCC(F)(F)F.O=C(O)/C=C/C(=O)O. The first-order valence-electron chi connectivity index (χ1n) is 11.4. The fourth-order valence-electron chi connectivity index (χ4n) is 3.30. The third-order valence-corrected chi connectivity index (χ3v) is 5.13. The molecule has 1 aliphatic heterocycles. The van der Waals surface area contributed by atoms with Crippen molar-refractivity contribution in [2.45, 2.75) is 38.2 Å². The quantitative estimate of drug-likeness (QED) is 0.280. The molecular weight excluding hydrogens is 544 g/mol. The number of carboxylic acids is 2. The zero-order valence-electron chi connectivity index (χ0n) is 21.0. The number of hydrogen-bond acceptors (Lipinski definition) is 6. The third-order valence-electron chi connectivity index (χ3n) is 5.13. The summed E-state index contributed by atoms with van der Waals surface area (Å²) in [5.74, 6) is -3.12. The molecule has 2 amide bonds. The lowest BCUT2D eigenvalue weighted by Gasteiger charge is -2.28. The fraction of sp³-hybridized carbons (Fsp3) is 0.522. The number of carbonyl (C=O) groups excluding carboxylic acids is 1. The van der Waals surface area contributed by atoms with Gasteiger partial charge in [0.15, 0.2) is 13.2 Å². The molecule has 1 aliphatic rings. The second-order valence-electron chi connectivity index (χ2n) is 8.22. The van der Waals surface area contributed by atoms with Gasteiger partial charge < -0.3 is 34.8 Å². The summed E-state index contributed by atoms with van der Waals surface area (Å²) in [7, 11) is 1.94. The zero-order chi connectivity index (χ0) is 29.8. The van der Waals surface area contributed by atoms with Gasteiger partial charge in [-0.05, 0) is 45.5 Å². The fourth-order valence-corrected chi connectivity index (χ4v) is 3.30. The van der Waals surface area contributed by atoms with Crippen molar-refractivity contribution < 1.29 is 60.4 Å². The van der Waals surface area contributed by atoms with Gasteiger partial charge in [0.25, 0.3) is 0 Å². The Morgan fingerprint density at radius 3 is 2.08 bits per heavy atom. The molecule has 0 radical (unpaired) electrons. The van der Waals surface area contributed by atoms with Gasteiger partial charge in [-0.2, -0.15) is 26.3 Å². The van der Waals surface area contributed by atoms with Gasteiger partial charge in [0.05, 0.1) is 5.69 Å². The highest BCUT2D eigenvalue weighted by Gasteiger charge is 2.31. The minimum Gasteiger partial charge on any atom is -0.484 e. The van der Waals surface area contributed by atoms with Crippen molar-refractivity contribution in [3.8, 4) is 11.5 Å². The summed E-state index contributed by atoms with van der Waals surface area (Å²) in [5, 5.41) is 18.1. The van der Waals surface area contributed by atoms with Crippen molar-refractivity contribution in [2.24, 2.45) is 0 Å². The van der Waals surface area contributed by atoms with Gasteiger partial charge in [-0.3, -0.25) is 0 Å². The first-order valence-corrected chi connectivity index (χ1v) is 11.4. The van der Waals surface area contributed by atoms with Crippen LogP contribution in [0.5, 0.6) is 11.5 Å². The van der Waals surface area contributed by atoms with E-state index in [2.05, 4.69) is 15.0 Å². The molecule has 1 aromatic rings. The number of anilines is 1. The van der Waals surface area contributed by atoms with Crippen molar-refractivity contribution >= 4 is 23.7 Å². The number of urea groups is 1. The molecule has 0 aromatic heterocycles. The van der Waals surface area contributed by atoms with E-state index in [0.717, 1.165) is 37.6 Å². The average molecular weight is 573 g/mol. The average Bonchev–Trinajstić information content (AvgIpc) is 3.22. The summed E-state index contributed by atoms with van der Waals surface area (Å²) in [6.45, 7) is 0.179. The summed E-state index contributed by atoms with van der Waals surface area (Å²) >= 11 is 0. The van der Waals surface area contributed by atoms with Crippen LogP contribution in [0.1, 0.15) is 19.8 Å². The molecule has 39 heavy (non-hydrogen) atoms. The Hall–Kier alpha value is -3.69. The lowest BCUT2D eigenvalue weighted by Crippen LogP contribution is -2.43.